The monoisotopic (exact) mass is 216 g/mol. The average molecular weight is 216 g/mol. The summed E-state index contributed by atoms with van der Waals surface area (Å²) in [5.74, 6) is 0. The van der Waals surface area contributed by atoms with E-state index in [2.05, 4.69) is 17.1 Å². The summed E-state index contributed by atoms with van der Waals surface area (Å²) in [6.45, 7) is 7.94. The Morgan fingerprint density at radius 2 is 2.13 bits per heavy atom. The van der Waals surface area contributed by atoms with Crippen LogP contribution in [0.1, 0.15) is 34.0 Å². The van der Waals surface area contributed by atoms with Crippen molar-refractivity contribution < 1.29 is 6.16 Å². The lowest BCUT2D eigenvalue weighted by Gasteiger charge is -2.31. The van der Waals surface area contributed by atoms with Gasteiger partial charge in [-0.3, -0.25) is 0 Å². The molecule has 15 heavy (non-hydrogen) atoms. The third-order valence-corrected chi connectivity index (χ3v) is 3.00. The van der Waals surface area contributed by atoms with Crippen LogP contribution in [0.25, 0.3) is 0 Å². The predicted molar refractivity (Wildman–Crippen MR) is 66.4 cm³/mol. The van der Waals surface area contributed by atoms with E-state index in [4.69, 9.17) is 4.74 Å². The zero-order valence-corrected chi connectivity index (χ0v) is 10.3. The molecule has 3 heteroatoms. The van der Waals surface area contributed by atoms with E-state index >= 15 is 0 Å². The van der Waals surface area contributed by atoms with Crippen molar-refractivity contribution >= 4 is 0 Å². The van der Waals surface area contributed by atoms with Crippen molar-refractivity contribution in [2.45, 2.75) is 38.7 Å². The molecule has 0 aromatic rings. The first-order valence-corrected chi connectivity index (χ1v) is 6.35. The molecule has 92 valence electrons. The first kappa shape index (κ1) is 12.9. The highest BCUT2D eigenvalue weighted by Crippen LogP contribution is 2.13. The molecule has 1 heterocycles. The lowest BCUT2D eigenvalue weighted by atomic mass is 10.1. The molecular formula is C12H28N2O. The quantitative estimate of drug-likeness (QED) is 0.656. The summed E-state index contributed by atoms with van der Waals surface area (Å²) >= 11 is 0. The molecule has 0 unspecified atom stereocenters. The minimum atomic E-state index is 0. The summed E-state index contributed by atoms with van der Waals surface area (Å²) in [4.78, 5) is 2.55. The van der Waals surface area contributed by atoms with Gasteiger partial charge in [0.15, 0.2) is 0 Å². The van der Waals surface area contributed by atoms with Crippen molar-refractivity contribution in [2.75, 3.05) is 39.8 Å². The molecule has 3 nitrogen and oxygen atoms in total. The van der Waals surface area contributed by atoms with Crippen molar-refractivity contribution in [3.63, 3.8) is 0 Å². The van der Waals surface area contributed by atoms with Crippen molar-refractivity contribution in [3.8, 4) is 0 Å². The molecule has 0 aromatic carbocycles. The molecular weight excluding hydrogens is 188 g/mol. The standard InChI is InChI=1S/C12H26N2O.H2/c1-3-8-14-9-5-12(6-10-14)15-11-4-7-13-2;/h12-13H,3-11H2,1-2H3;1H. The van der Waals surface area contributed by atoms with Gasteiger partial charge in [-0.2, -0.15) is 0 Å². The maximum atomic E-state index is 5.84. The predicted octanol–water partition coefficient (Wildman–Crippen LogP) is 1.73. The molecule has 1 rings (SSSR count). The SMILES string of the molecule is CCCN1CCC(OCCCNC)CC1.[HH]. The summed E-state index contributed by atoms with van der Waals surface area (Å²) in [7, 11) is 1.99. The van der Waals surface area contributed by atoms with E-state index in [1.807, 2.05) is 7.05 Å². The lowest BCUT2D eigenvalue weighted by Crippen LogP contribution is -2.37. The Balaban J connectivity index is 0.00000225. The molecule has 0 aromatic heterocycles. The Hall–Kier alpha value is -0.120. The molecule has 1 saturated heterocycles. The van der Waals surface area contributed by atoms with Gasteiger partial charge in [0.25, 0.3) is 0 Å². The minimum absolute atomic E-state index is 0. The van der Waals surface area contributed by atoms with Crippen molar-refractivity contribution in [3.05, 3.63) is 0 Å². The molecule has 0 aliphatic carbocycles. The third kappa shape index (κ3) is 5.50. The maximum Gasteiger partial charge on any atom is 0.0599 e. The van der Waals surface area contributed by atoms with Gasteiger partial charge >= 0.3 is 0 Å². The lowest BCUT2D eigenvalue weighted by molar-refractivity contribution is 0.00688. The molecule has 1 fully saturated rings. The van der Waals surface area contributed by atoms with E-state index in [0.29, 0.717) is 6.10 Å². The third-order valence-electron chi connectivity index (χ3n) is 3.00. The van der Waals surface area contributed by atoms with Crippen molar-refractivity contribution in [2.24, 2.45) is 0 Å². The van der Waals surface area contributed by atoms with E-state index in [0.717, 1.165) is 19.6 Å². The maximum absolute atomic E-state index is 5.84. The van der Waals surface area contributed by atoms with Crippen LogP contribution >= 0.6 is 0 Å². The van der Waals surface area contributed by atoms with Gasteiger partial charge in [-0.1, -0.05) is 6.92 Å². The fourth-order valence-electron chi connectivity index (χ4n) is 2.11. The number of ether oxygens (including phenoxy) is 1. The largest absolute Gasteiger partial charge is 0.378 e. The highest BCUT2D eigenvalue weighted by molar-refractivity contribution is 4.72. The van der Waals surface area contributed by atoms with E-state index < -0.39 is 0 Å². The van der Waals surface area contributed by atoms with Crippen LogP contribution in [-0.4, -0.2) is 50.8 Å². The fourth-order valence-corrected chi connectivity index (χ4v) is 2.11. The van der Waals surface area contributed by atoms with Crippen LogP contribution < -0.4 is 5.32 Å². The number of nitrogens with one attached hydrogen (secondary N) is 1. The first-order chi connectivity index (χ1) is 7.36. The molecule has 0 radical (unpaired) electrons. The molecule has 0 atom stereocenters. The van der Waals surface area contributed by atoms with Gasteiger partial charge in [0.05, 0.1) is 6.10 Å². The second kappa shape index (κ2) is 8.08. The number of piperidine rings is 1. The number of nitrogens with zero attached hydrogens (tertiary/aromatic N) is 1. The highest BCUT2D eigenvalue weighted by Gasteiger charge is 2.18. The summed E-state index contributed by atoms with van der Waals surface area (Å²) < 4.78 is 5.84. The van der Waals surface area contributed by atoms with Crippen molar-refractivity contribution in [1.82, 2.24) is 10.2 Å². The summed E-state index contributed by atoms with van der Waals surface area (Å²) in [5.41, 5.74) is 0. The van der Waals surface area contributed by atoms with E-state index in [1.54, 1.807) is 0 Å². The Morgan fingerprint density at radius 3 is 2.73 bits per heavy atom. The zero-order chi connectivity index (χ0) is 10.9. The van der Waals surface area contributed by atoms with Crippen molar-refractivity contribution in [1.29, 1.82) is 0 Å². The summed E-state index contributed by atoms with van der Waals surface area (Å²) in [6.07, 6.45) is 5.37. The van der Waals surface area contributed by atoms with Crippen LogP contribution in [0.4, 0.5) is 0 Å². The highest BCUT2D eigenvalue weighted by atomic mass is 16.5. The number of hydrogen-bond acceptors (Lipinski definition) is 3. The minimum Gasteiger partial charge on any atom is -0.378 e. The van der Waals surface area contributed by atoms with Crippen LogP contribution in [0.5, 0.6) is 0 Å². The second-order valence-electron chi connectivity index (χ2n) is 4.37. The Kier molecular flexibility index (Phi) is 6.98. The number of rotatable bonds is 7. The normalized spacial score (nSPS) is 19.6. The van der Waals surface area contributed by atoms with Gasteiger partial charge < -0.3 is 15.0 Å². The van der Waals surface area contributed by atoms with Crippen LogP contribution in [0.3, 0.4) is 0 Å². The Morgan fingerprint density at radius 1 is 1.40 bits per heavy atom. The molecule has 0 spiro atoms. The second-order valence-corrected chi connectivity index (χ2v) is 4.37. The van der Waals surface area contributed by atoms with Crippen LogP contribution in [-0.2, 0) is 4.74 Å². The molecule has 0 saturated carbocycles. The topological polar surface area (TPSA) is 24.5 Å². The van der Waals surface area contributed by atoms with Gasteiger partial charge in [-0.15, -0.1) is 0 Å². The van der Waals surface area contributed by atoms with E-state index in [1.165, 1.54) is 38.9 Å². The molecule has 1 N–H and O–H groups in total. The van der Waals surface area contributed by atoms with Gasteiger partial charge in [-0.05, 0) is 45.8 Å². The summed E-state index contributed by atoms with van der Waals surface area (Å²) in [6, 6.07) is 0. The van der Waals surface area contributed by atoms with Crippen LogP contribution in [0.2, 0.25) is 0 Å². The van der Waals surface area contributed by atoms with E-state index in [9.17, 15) is 0 Å². The summed E-state index contributed by atoms with van der Waals surface area (Å²) in [5, 5.41) is 3.14. The molecule has 0 amide bonds. The smallest absolute Gasteiger partial charge is 0.0599 e. The van der Waals surface area contributed by atoms with E-state index in [-0.39, 0.29) is 1.43 Å². The average Bonchev–Trinajstić information content (AvgIpc) is 2.27. The van der Waals surface area contributed by atoms with Crippen LogP contribution in [0.15, 0.2) is 0 Å². The van der Waals surface area contributed by atoms with Crippen LogP contribution in [0, 0.1) is 0 Å². The Bertz CT molecular complexity index is 147. The van der Waals surface area contributed by atoms with Gasteiger partial charge in [0.1, 0.15) is 0 Å². The number of likely N-dealkylation sites (tertiary alicyclic amines) is 1. The molecule has 1 aliphatic rings. The van der Waals surface area contributed by atoms with Gasteiger partial charge in [0.2, 0.25) is 0 Å². The number of hydrogen-bond donors (Lipinski definition) is 1. The zero-order valence-electron chi connectivity index (χ0n) is 10.3. The molecule has 0 bridgehead atoms. The Labute approximate surface area is 95.7 Å². The fraction of sp³-hybridized carbons (Fsp3) is 1.00. The first-order valence-electron chi connectivity index (χ1n) is 6.35. The molecule has 1 aliphatic heterocycles. The van der Waals surface area contributed by atoms with Gasteiger partial charge in [-0.25, -0.2) is 0 Å². The van der Waals surface area contributed by atoms with Gasteiger partial charge in [0, 0.05) is 21.1 Å².